The van der Waals surface area contributed by atoms with E-state index in [1.807, 2.05) is 6.92 Å². The molecular weight excluding hydrogens is 259 g/mol. The van der Waals surface area contributed by atoms with Crippen molar-refractivity contribution < 1.29 is 21.6 Å². The van der Waals surface area contributed by atoms with E-state index in [0.717, 1.165) is 10.7 Å². The van der Waals surface area contributed by atoms with Gasteiger partial charge in [0.25, 0.3) is 10.2 Å². The fourth-order valence-electron chi connectivity index (χ4n) is 1.75. The maximum Gasteiger partial charge on any atom is 0.402 e. The first-order valence-corrected chi connectivity index (χ1v) is 6.62. The van der Waals surface area contributed by atoms with Gasteiger partial charge in [-0.3, -0.25) is 0 Å². The summed E-state index contributed by atoms with van der Waals surface area (Å²) in [5.74, 6) is 0. The maximum absolute atomic E-state index is 11.9. The van der Waals surface area contributed by atoms with Crippen LogP contribution in [0.2, 0.25) is 0 Å². The Balaban J connectivity index is 2.47. The third-order valence-corrected chi connectivity index (χ3v) is 3.97. The van der Waals surface area contributed by atoms with Gasteiger partial charge >= 0.3 is 6.18 Å². The molecular formula is C8H16F3N3O2S. The van der Waals surface area contributed by atoms with Gasteiger partial charge in [0.05, 0.1) is 0 Å². The summed E-state index contributed by atoms with van der Waals surface area (Å²) in [6, 6.07) is 0. The Morgan fingerprint density at radius 3 is 2.35 bits per heavy atom. The van der Waals surface area contributed by atoms with Crippen LogP contribution in [0.4, 0.5) is 13.2 Å². The van der Waals surface area contributed by atoms with Crippen LogP contribution in [0, 0.1) is 0 Å². The van der Waals surface area contributed by atoms with Crippen molar-refractivity contribution in [2.24, 2.45) is 5.73 Å². The average molecular weight is 275 g/mol. The lowest BCUT2D eigenvalue weighted by atomic mass is 9.89. The van der Waals surface area contributed by atoms with Crippen molar-refractivity contribution in [1.82, 2.24) is 9.03 Å². The molecule has 0 aliphatic carbocycles. The SMILES string of the molecule is CCCC1(N)CN(S(=O)(=O)NCC(F)(F)F)C1. The maximum atomic E-state index is 11.9. The quantitative estimate of drug-likeness (QED) is 0.752. The number of rotatable bonds is 5. The van der Waals surface area contributed by atoms with Crippen LogP contribution in [0.1, 0.15) is 19.8 Å². The zero-order chi connectivity index (χ0) is 13.3. The first kappa shape index (κ1) is 14.7. The Morgan fingerprint density at radius 1 is 1.41 bits per heavy atom. The molecule has 0 aromatic heterocycles. The van der Waals surface area contributed by atoms with E-state index in [9.17, 15) is 21.6 Å². The number of halogens is 3. The van der Waals surface area contributed by atoms with Crippen LogP contribution in [-0.4, -0.2) is 44.1 Å². The van der Waals surface area contributed by atoms with Crippen molar-refractivity contribution in [3.63, 3.8) is 0 Å². The lowest BCUT2D eigenvalue weighted by Gasteiger charge is -2.46. The molecule has 0 spiro atoms. The molecule has 1 heterocycles. The second-order valence-electron chi connectivity index (χ2n) is 4.32. The zero-order valence-corrected chi connectivity index (χ0v) is 10.2. The third kappa shape index (κ3) is 4.09. The number of hydrogen-bond acceptors (Lipinski definition) is 3. The van der Waals surface area contributed by atoms with Crippen molar-refractivity contribution in [2.75, 3.05) is 19.6 Å². The number of hydrogen-bond donors (Lipinski definition) is 2. The first-order valence-electron chi connectivity index (χ1n) is 5.18. The van der Waals surface area contributed by atoms with E-state index < -0.39 is 28.5 Å². The molecule has 0 amide bonds. The molecule has 0 atom stereocenters. The molecule has 1 saturated heterocycles. The summed E-state index contributed by atoms with van der Waals surface area (Å²) in [4.78, 5) is 0. The van der Waals surface area contributed by atoms with Gasteiger partial charge in [0.1, 0.15) is 6.54 Å². The van der Waals surface area contributed by atoms with E-state index in [-0.39, 0.29) is 13.1 Å². The monoisotopic (exact) mass is 275 g/mol. The lowest BCUT2D eigenvalue weighted by Crippen LogP contribution is -2.70. The topological polar surface area (TPSA) is 75.4 Å². The highest BCUT2D eigenvalue weighted by atomic mass is 32.2. The summed E-state index contributed by atoms with van der Waals surface area (Å²) < 4.78 is 60.9. The number of alkyl halides is 3. The summed E-state index contributed by atoms with van der Waals surface area (Å²) in [5.41, 5.74) is 5.23. The fraction of sp³-hybridized carbons (Fsp3) is 1.00. The zero-order valence-electron chi connectivity index (χ0n) is 9.42. The Hall–Kier alpha value is -0.380. The molecule has 17 heavy (non-hydrogen) atoms. The van der Waals surface area contributed by atoms with Gasteiger partial charge in [-0.2, -0.15) is 30.6 Å². The van der Waals surface area contributed by atoms with Gasteiger partial charge in [0, 0.05) is 18.6 Å². The standard InChI is InChI=1S/C8H16F3N3O2S/c1-2-3-7(12)5-14(6-7)17(15,16)13-4-8(9,10)11/h13H,2-6,12H2,1H3. The second kappa shape index (κ2) is 4.71. The minimum atomic E-state index is -4.55. The van der Waals surface area contributed by atoms with E-state index in [1.54, 1.807) is 0 Å². The molecule has 9 heteroatoms. The summed E-state index contributed by atoms with van der Waals surface area (Å²) in [5, 5.41) is 0. The highest BCUT2D eigenvalue weighted by Gasteiger charge is 2.45. The van der Waals surface area contributed by atoms with E-state index in [4.69, 9.17) is 5.73 Å². The third-order valence-electron chi connectivity index (χ3n) is 2.53. The molecule has 1 rings (SSSR count). The van der Waals surface area contributed by atoms with Crippen molar-refractivity contribution in [1.29, 1.82) is 0 Å². The molecule has 3 N–H and O–H groups in total. The lowest BCUT2D eigenvalue weighted by molar-refractivity contribution is -0.121. The van der Waals surface area contributed by atoms with Crippen molar-refractivity contribution in [3.8, 4) is 0 Å². The predicted molar refractivity (Wildman–Crippen MR) is 56.4 cm³/mol. The molecule has 1 aliphatic heterocycles. The molecule has 0 aromatic rings. The van der Waals surface area contributed by atoms with Crippen LogP contribution in [0.15, 0.2) is 0 Å². The molecule has 0 aromatic carbocycles. The summed E-state index contributed by atoms with van der Waals surface area (Å²) >= 11 is 0. The highest BCUT2D eigenvalue weighted by Crippen LogP contribution is 2.25. The van der Waals surface area contributed by atoms with E-state index in [1.165, 1.54) is 4.72 Å². The predicted octanol–water partition coefficient (Wildman–Crippen LogP) is 0.196. The number of nitrogens with zero attached hydrogens (tertiary/aromatic N) is 1. The van der Waals surface area contributed by atoms with Crippen molar-refractivity contribution in [2.45, 2.75) is 31.5 Å². The molecule has 0 saturated carbocycles. The van der Waals surface area contributed by atoms with Gasteiger partial charge in [0.2, 0.25) is 0 Å². The highest BCUT2D eigenvalue weighted by molar-refractivity contribution is 7.87. The molecule has 0 radical (unpaired) electrons. The number of nitrogens with one attached hydrogen (secondary N) is 1. The summed E-state index contributed by atoms with van der Waals surface area (Å²) in [6.07, 6.45) is -3.10. The van der Waals surface area contributed by atoms with E-state index in [0.29, 0.717) is 6.42 Å². The second-order valence-corrected chi connectivity index (χ2v) is 6.08. The van der Waals surface area contributed by atoms with Crippen LogP contribution >= 0.6 is 0 Å². The molecule has 5 nitrogen and oxygen atoms in total. The Labute approximate surface area is 98.3 Å². The minimum absolute atomic E-state index is 0.0635. The van der Waals surface area contributed by atoms with E-state index in [2.05, 4.69) is 0 Å². The van der Waals surface area contributed by atoms with Gasteiger partial charge < -0.3 is 5.73 Å². The Bertz CT molecular complexity index is 363. The fourth-order valence-corrected chi connectivity index (χ4v) is 3.13. The van der Waals surface area contributed by atoms with Crippen LogP contribution in [-0.2, 0) is 10.2 Å². The first-order chi connectivity index (χ1) is 7.58. The minimum Gasteiger partial charge on any atom is -0.323 e. The Kier molecular flexibility index (Phi) is 4.07. The number of nitrogens with two attached hydrogens (primary N) is 1. The molecule has 0 bridgehead atoms. The van der Waals surface area contributed by atoms with E-state index >= 15 is 0 Å². The molecule has 1 aliphatic rings. The van der Waals surface area contributed by atoms with Crippen molar-refractivity contribution >= 4 is 10.2 Å². The van der Waals surface area contributed by atoms with Crippen LogP contribution in [0.5, 0.6) is 0 Å². The molecule has 102 valence electrons. The normalized spacial score (nSPS) is 21.2. The smallest absolute Gasteiger partial charge is 0.323 e. The van der Waals surface area contributed by atoms with Crippen LogP contribution in [0.25, 0.3) is 0 Å². The van der Waals surface area contributed by atoms with Gasteiger partial charge in [-0.25, -0.2) is 0 Å². The molecule has 1 fully saturated rings. The van der Waals surface area contributed by atoms with Gasteiger partial charge in [-0.05, 0) is 6.42 Å². The van der Waals surface area contributed by atoms with Crippen molar-refractivity contribution in [3.05, 3.63) is 0 Å². The summed E-state index contributed by atoms with van der Waals surface area (Å²) in [7, 11) is -4.06. The Morgan fingerprint density at radius 2 is 1.94 bits per heavy atom. The van der Waals surface area contributed by atoms with Crippen LogP contribution < -0.4 is 10.5 Å². The van der Waals surface area contributed by atoms with Gasteiger partial charge in [-0.1, -0.05) is 13.3 Å². The van der Waals surface area contributed by atoms with Gasteiger partial charge in [0.15, 0.2) is 0 Å². The largest absolute Gasteiger partial charge is 0.402 e. The molecule has 0 unspecified atom stereocenters. The average Bonchev–Trinajstić information content (AvgIpc) is 2.10. The summed E-state index contributed by atoms with van der Waals surface area (Å²) in [6.45, 7) is 0.479. The van der Waals surface area contributed by atoms with Gasteiger partial charge in [-0.15, -0.1) is 0 Å². The van der Waals surface area contributed by atoms with Crippen LogP contribution in [0.3, 0.4) is 0 Å².